The van der Waals surface area contributed by atoms with E-state index >= 15 is 0 Å². The molecule has 3 saturated heterocycles. The van der Waals surface area contributed by atoms with Gasteiger partial charge in [-0.3, -0.25) is 9.59 Å². The quantitative estimate of drug-likeness (QED) is 0.470. The molecule has 8 nitrogen and oxygen atoms in total. The number of carbonyl (C=O) groups is 3. The first kappa shape index (κ1) is 31.2. The molecule has 5 atom stereocenters. The Bertz CT molecular complexity index is 1230. The van der Waals surface area contributed by atoms with Crippen molar-refractivity contribution in [2.24, 2.45) is 5.92 Å². The fraction of sp³-hybridized carbons (Fsp3) is 0.735. The number of hydrogen-bond acceptors (Lipinski definition) is 5. The van der Waals surface area contributed by atoms with Gasteiger partial charge in [-0.1, -0.05) is 30.3 Å². The maximum atomic E-state index is 14.4. The Morgan fingerprint density at radius 2 is 1.73 bits per heavy atom. The summed E-state index contributed by atoms with van der Waals surface area (Å²) in [6.45, 7) is 5.99. The summed E-state index contributed by atoms with van der Waals surface area (Å²) in [4.78, 5) is 47.6. The Kier molecular flexibility index (Phi) is 8.43. The highest BCUT2D eigenvalue weighted by Gasteiger charge is 2.58. The largest absolute Gasteiger partial charge is 0.444 e. The summed E-state index contributed by atoms with van der Waals surface area (Å²) in [7, 11) is 2.00. The zero-order valence-corrected chi connectivity index (χ0v) is 26.5. The van der Waals surface area contributed by atoms with Crippen LogP contribution in [0, 0.1) is 5.92 Å². The van der Waals surface area contributed by atoms with Crippen molar-refractivity contribution in [2.45, 2.75) is 139 Å². The number of nitrogens with zero attached hydrogens (tertiary/aromatic N) is 3. The third-order valence-electron chi connectivity index (χ3n) is 11.0. The van der Waals surface area contributed by atoms with Crippen molar-refractivity contribution in [3.63, 3.8) is 0 Å². The van der Waals surface area contributed by atoms with Gasteiger partial charge in [0.2, 0.25) is 18.2 Å². The number of benzene rings is 1. The summed E-state index contributed by atoms with van der Waals surface area (Å²) in [5.41, 5.74) is 0.406. The average molecular weight is 615 g/mol. The van der Waals surface area contributed by atoms with Gasteiger partial charge in [-0.15, -0.1) is 0 Å². The Morgan fingerprint density at radius 1 is 1.02 bits per heavy atom. The Hall–Kier alpha value is -2.75. The summed E-state index contributed by atoms with van der Waals surface area (Å²) in [5, 5.41) is 2.84. The number of nitrogens with one attached hydrogen (secondary N) is 1. The zero-order valence-electron chi connectivity index (χ0n) is 26.5. The first-order valence-electron chi connectivity index (χ1n) is 16.5. The van der Waals surface area contributed by atoms with Gasteiger partial charge < -0.3 is 24.8 Å². The number of likely N-dealkylation sites (tertiary alicyclic amines) is 1. The Labute approximate surface area is 259 Å². The molecule has 0 bridgehead atoms. The molecular weight excluding hydrogens is 566 g/mol. The standard InChI is InChI=1S/C34H48F2N4O4/c1-33(2,3)44-32(43)37-27-12-10-24(38(4)26-16-22(17-26)29(35)36)18-25-11-13-28(40(25)30(27)41)31(42)39-20-23(19-34(39)14-15-34)21-8-6-5-7-9-21/h5-9,22-29H,10-20H2,1-4H3,(H,37,43)/t22?,23-,24+,25-,26?,27+,28+/m1/s1. The normalized spacial score (nSPS) is 33.2. The first-order chi connectivity index (χ1) is 20.8. The molecular formula is C34H48F2N4O4. The van der Waals surface area contributed by atoms with Gasteiger partial charge in [0.25, 0.3) is 0 Å². The van der Waals surface area contributed by atoms with E-state index in [0.717, 1.165) is 19.3 Å². The van der Waals surface area contributed by atoms with E-state index in [1.165, 1.54) is 5.56 Å². The van der Waals surface area contributed by atoms with Crippen molar-refractivity contribution in [3.8, 4) is 0 Å². The SMILES string of the molecule is CN(C1CC(C(F)F)C1)[C@H]1CC[C@H](NC(=O)OC(C)(C)C)C(=O)N2[C@H](CC[C@H]2C(=O)N2C[C@H](c3ccccc3)CC23CC3)C1. The minimum atomic E-state index is -2.30. The summed E-state index contributed by atoms with van der Waals surface area (Å²) in [6, 6.07) is 8.96. The van der Waals surface area contributed by atoms with Gasteiger partial charge in [0.15, 0.2) is 0 Å². The van der Waals surface area contributed by atoms with Crippen LogP contribution >= 0.6 is 0 Å². The number of ether oxygens (including phenoxy) is 1. The van der Waals surface area contributed by atoms with Crippen LogP contribution in [-0.2, 0) is 14.3 Å². The van der Waals surface area contributed by atoms with Crippen LogP contribution < -0.4 is 5.32 Å². The van der Waals surface area contributed by atoms with Gasteiger partial charge in [0, 0.05) is 42.0 Å². The molecule has 3 heterocycles. The Balaban J connectivity index is 1.22. The highest BCUT2D eigenvalue weighted by atomic mass is 19.3. The van der Waals surface area contributed by atoms with Crippen LogP contribution in [0.4, 0.5) is 13.6 Å². The zero-order chi connectivity index (χ0) is 31.4. The van der Waals surface area contributed by atoms with Crippen molar-refractivity contribution < 1.29 is 27.9 Å². The second-order valence-corrected chi connectivity index (χ2v) is 15.0. The van der Waals surface area contributed by atoms with E-state index in [1.807, 2.05) is 25.2 Å². The van der Waals surface area contributed by atoms with Crippen molar-refractivity contribution in [1.82, 2.24) is 20.0 Å². The molecule has 3 amide bonds. The van der Waals surface area contributed by atoms with E-state index in [1.54, 1.807) is 25.7 Å². The second kappa shape index (κ2) is 11.9. The van der Waals surface area contributed by atoms with E-state index in [9.17, 15) is 23.2 Å². The lowest BCUT2D eigenvalue weighted by molar-refractivity contribution is -0.148. The van der Waals surface area contributed by atoms with Crippen LogP contribution in [0.25, 0.3) is 0 Å². The van der Waals surface area contributed by atoms with E-state index in [0.29, 0.717) is 51.5 Å². The molecule has 5 aliphatic rings. The fourth-order valence-corrected chi connectivity index (χ4v) is 8.32. The molecule has 1 aromatic carbocycles. The molecule has 6 rings (SSSR count). The van der Waals surface area contributed by atoms with Crippen LogP contribution in [0.5, 0.6) is 0 Å². The maximum absolute atomic E-state index is 14.4. The van der Waals surface area contributed by atoms with Crippen molar-refractivity contribution >= 4 is 17.9 Å². The number of carbonyl (C=O) groups excluding carboxylic acids is 3. The molecule has 1 aromatic rings. The van der Waals surface area contributed by atoms with E-state index in [4.69, 9.17) is 4.74 Å². The number of amides is 3. The third kappa shape index (κ3) is 6.20. The number of alkyl halides is 2. The number of halogens is 2. The predicted octanol–water partition coefficient (Wildman–Crippen LogP) is 5.32. The van der Waals surface area contributed by atoms with Crippen LogP contribution in [0.2, 0.25) is 0 Å². The van der Waals surface area contributed by atoms with E-state index < -0.39 is 36.1 Å². The summed E-state index contributed by atoms with van der Waals surface area (Å²) < 4.78 is 32.0. The molecule has 44 heavy (non-hydrogen) atoms. The molecule has 3 aliphatic heterocycles. The average Bonchev–Trinajstić information content (AvgIpc) is 3.42. The van der Waals surface area contributed by atoms with Gasteiger partial charge in [-0.2, -0.15) is 0 Å². The molecule has 2 aliphatic carbocycles. The van der Waals surface area contributed by atoms with Gasteiger partial charge in [-0.25, -0.2) is 13.6 Å². The van der Waals surface area contributed by atoms with Gasteiger partial charge in [-0.05, 0) is 97.6 Å². The van der Waals surface area contributed by atoms with Crippen molar-refractivity contribution in [3.05, 3.63) is 35.9 Å². The molecule has 0 radical (unpaired) electrons. The van der Waals surface area contributed by atoms with E-state index in [-0.39, 0.29) is 41.4 Å². The molecule has 0 unspecified atom stereocenters. The highest BCUT2D eigenvalue weighted by molar-refractivity contribution is 5.93. The second-order valence-electron chi connectivity index (χ2n) is 15.0. The number of fused-ring (bicyclic) bond motifs is 1. The van der Waals surface area contributed by atoms with Crippen LogP contribution in [0.3, 0.4) is 0 Å². The van der Waals surface area contributed by atoms with Gasteiger partial charge >= 0.3 is 6.09 Å². The van der Waals surface area contributed by atoms with E-state index in [2.05, 4.69) is 27.2 Å². The number of hydrogen-bond donors (Lipinski definition) is 1. The summed E-state index contributed by atoms with van der Waals surface area (Å²) in [6.07, 6.45) is 3.95. The topological polar surface area (TPSA) is 82.2 Å². The number of alkyl carbamates (subject to hydrolysis) is 1. The van der Waals surface area contributed by atoms with Crippen LogP contribution in [0.1, 0.15) is 96.5 Å². The lowest BCUT2D eigenvalue weighted by Crippen LogP contribution is -2.60. The maximum Gasteiger partial charge on any atom is 0.408 e. The lowest BCUT2D eigenvalue weighted by Gasteiger charge is -2.47. The third-order valence-corrected chi connectivity index (χ3v) is 11.0. The smallest absolute Gasteiger partial charge is 0.408 e. The molecule has 242 valence electrons. The molecule has 5 fully saturated rings. The first-order valence-corrected chi connectivity index (χ1v) is 16.5. The predicted molar refractivity (Wildman–Crippen MR) is 162 cm³/mol. The van der Waals surface area contributed by atoms with Crippen molar-refractivity contribution in [1.29, 1.82) is 0 Å². The molecule has 0 aromatic heterocycles. The summed E-state index contributed by atoms with van der Waals surface area (Å²) in [5.74, 6) is -0.471. The molecule has 2 saturated carbocycles. The van der Waals surface area contributed by atoms with Gasteiger partial charge in [0.1, 0.15) is 17.7 Å². The number of rotatable bonds is 6. The Morgan fingerprint density at radius 3 is 2.36 bits per heavy atom. The monoisotopic (exact) mass is 614 g/mol. The minimum absolute atomic E-state index is 0.0250. The molecule has 1 N–H and O–H groups in total. The molecule has 10 heteroatoms. The lowest BCUT2D eigenvalue weighted by atomic mass is 9.78. The van der Waals surface area contributed by atoms with Crippen LogP contribution in [0.15, 0.2) is 30.3 Å². The van der Waals surface area contributed by atoms with Gasteiger partial charge in [0.05, 0.1) is 0 Å². The minimum Gasteiger partial charge on any atom is -0.444 e. The highest BCUT2D eigenvalue weighted by Crippen LogP contribution is 2.54. The summed E-state index contributed by atoms with van der Waals surface area (Å²) >= 11 is 0. The van der Waals surface area contributed by atoms with Crippen molar-refractivity contribution in [2.75, 3.05) is 13.6 Å². The fourth-order valence-electron chi connectivity index (χ4n) is 8.32. The molecule has 1 spiro atoms. The van der Waals surface area contributed by atoms with Crippen LogP contribution in [-0.4, -0.2) is 94.0 Å².